The molecule has 0 saturated carbocycles. The molecule has 1 atom stereocenters. The number of phenolic OH excluding ortho intramolecular Hbond substituents is 1. The van der Waals surface area contributed by atoms with E-state index in [9.17, 15) is 9.90 Å². The van der Waals surface area contributed by atoms with Gasteiger partial charge in [0.2, 0.25) is 5.91 Å². The molecule has 3 fully saturated rings. The van der Waals surface area contributed by atoms with Crippen LogP contribution < -0.4 is 5.32 Å². The summed E-state index contributed by atoms with van der Waals surface area (Å²) in [5, 5.41) is 12.8. The van der Waals surface area contributed by atoms with E-state index in [0.29, 0.717) is 18.3 Å². The summed E-state index contributed by atoms with van der Waals surface area (Å²) >= 11 is 0. The Balaban J connectivity index is 1.15. The quantitative estimate of drug-likeness (QED) is 0.766. The average molecular weight is 402 g/mol. The van der Waals surface area contributed by atoms with E-state index in [4.69, 9.17) is 4.74 Å². The van der Waals surface area contributed by atoms with Gasteiger partial charge in [0.15, 0.2) is 0 Å². The maximum Gasteiger partial charge on any atom is 0.223 e. The lowest BCUT2D eigenvalue weighted by atomic mass is 9.92. The lowest BCUT2D eigenvalue weighted by Gasteiger charge is -2.41. The first kappa shape index (κ1) is 20.6. The highest BCUT2D eigenvalue weighted by Gasteiger charge is 2.31. The first-order valence-corrected chi connectivity index (χ1v) is 11.3. The lowest BCUT2D eigenvalue weighted by molar-refractivity contribution is -0.127. The molecule has 0 radical (unpaired) electrons. The molecule has 6 nitrogen and oxygen atoms in total. The van der Waals surface area contributed by atoms with E-state index >= 15 is 0 Å². The number of ether oxygens (including phenoxy) is 1. The number of hydrogen-bond acceptors (Lipinski definition) is 5. The van der Waals surface area contributed by atoms with Gasteiger partial charge in [-0.1, -0.05) is 12.1 Å². The van der Waals surface area contributed by atoms with E-state index in [2.05, 4.69) is 21.2 Å². The van der Waals surface area contributed by atoms with Crippen molar-refractivity contribution >= 4 is 5.91 Å². The first-order valence-electron chi connectivity index (χ1n) is 11.3. The van der Waals surface area contributed by atoms with Gasteiger partial charge >= 0.3 is 0 Å². The lowest BCUT2D eigenvalue weighted by Crippen LogP contribution is -2.49. The Hall–Kier alpha value is -1.63. The standard InChI is InChI=1S/C23H35N3O3/c27-21-4-1-3-18(15-21)17-25-10-8-20(9-11-25)26-12-6-19(7-13-26)23(28)24-16-22-5-2-14-29-22/h1,3-4,15,19-20,22,27H,2,5-14,16-17H2,(H,24,28)/t22-/m0/s1. The summed E-state index contributed by atoms with van der Waals surface area (Å²) in [5.74, 6) is 0.736. The molecule has 2 N–H and O–H groups in total. The van der Waals surface area contributed by atoms with Crippen molar-refractivity contribution in [3.05, 3.63) is 29.8 Å². The number of nitrogens with one attached hydrogen (secondary N) is 1. The van der Waals surface area contributed by atoms with E-state index in [1.165, 1.54) is 18.4 Å². The zero-order valence-corrected chi connectivity index (χ0v) is 17.4. The summed E-state index contributed by atoms with van der Waals surface area (Å²) in [7, 11) is 0. The zero-order chi connectivity index (χ0) is 20.1. The number of likely N-dealkylation sites (tertiary alicyclic amines) is 2. The van der Waals surface area contributed by atoms with Gasteiger partial charge in [0, 0.05) is 31.7 Å². The molecule has 0 spiro atoms. The third-order valence-corrected chi connectivity index (χ3v) is 6.82. The van der Waals surface area contributed by atoms with Crippen molar-refractivity contribution in [3.8, 4) is 5.75 Å². The number of carbonyl (C=O) groups excluding carboxylic acids is 1. The van der Waals surface area contributed by atoms with Crippen LogP contribution in [0, 0.1) is 5.92 Å². The highest BCUT2D eigenvalue weighted by atomic mass is 16.5. The molecular formula is C23H35N3O3. The topological polar surface area (TPSA) is 65.0 Å². The van der Waals surface area contributed by atoms with Crippen LogP contribution in [0.5, 0.6) is 5.75 Å². The van der Waals surface area contributed by atoms with Crippen LogP contribution in [0.15, 0.2) is 24.3 Å². The van der Waals surface area contributed by atoms with Crippen LogP contribution in [0.4, 0.5) is 0 Å². The Morgan fingerprint density at radius 2 is 1.90 bits per heavy atom. The smallest absolute Gasteiger partial charge is 0.223 e. The number of rotatable bonds is 6. The van der Waals surface area contributed by atoms with Crippen LogP contribution in [-0.2, 0) is 16.1 Å². The van der Waals surface area contributed by atoms with Crippen LogP contribution in [0.25, 0.3) is 0 Å². The first-order chi connectivity index (χ1) is 14.2. The molecule has 29 heavy (non-hydrogen) atoms. The molecule has 160 valence electrons. The molecular weight excluding hydrogens is 366 g/mol. The number of carbonyl (C=O) groups is 1. The monoisotopic (exact) mass is 401 g/mol. The third-order valence-electron chi connectivity index (χ3n) is 6.82. The van der Waals surface area contributed by atoms with Crippen molar-refractivity contribution in [2.75, 3.05) is 39.3 Å². The van der Waals surface area contributed by atoms with Gasteiger partial charge in [0.05, 0.1) is 6.10 Å². The Bertz CT molecular complexity index is 661. The van der Waals surface area contributed by atoms with Crippen LogP contribution in [-0.4, -0.2) is 72.3 Å². The third kappa shape index (κ3) is 5.71. The second-order valence-electron chi connectivity index (χ2n) is 8.87. The fourth-order valence-corrected chi connectivity index (χ4v) is 5.05. The molecule has 3 aliphatic rings. The molecule has 0 aromatic heterocycles. The van der Waals surface area contributed by atoms with Gasteiger partial charge < -0.3 is 20.1 Å². The summed E-state index contributed by atoms with van der Waals surface area (Å²) in [5.41, 5.74) is 1.18. The highest BCUT2D eigenvalue weighted by molar-refractivity contribution is 5.78. The van der Waals surface area contributed by atoms with Crippen molar-refractivity contribution in [1.29, 1.82) is 0 Å². The minimum absolute atomic E-state index is 0.165. The number of hydrogen-bond donors (Lipinski definition) is 2. The normalized spacial score (nSPS) is 25.3. The predicted molar refractivity (Wildman–Crippen MR) is 113 cm³/mol. The Kier molecular flexibility index (Phi) is 7.06. The minimum atomic E-state index is 0.165. The molecule has 1 aromatic carbocycles. The van der Waals surface area contributed by atoms with Gasteiger partial charge in [-0.25, -0.2) is 0 Å². The van der Waals surface area contributed by atoms with Crippen molar-refractivity contribution in [2.24, 2.45) is 5.92 Å². The van der Waals surface area contributed by atoms with Gasteiger partial charge in [-0.15, -0.1) is 0 Å². The number of benzene rings is 1. The van der Waals surface area contributed by atoms with Gasteiger partial charge in [0.25, 0.3) is 0 Å². The molecule has 1 aromatic rings. The largest absolute Gasteiger partial charge is 0.508 e. The summed E-state index contributed by atoms with van der Waals surface area (Å²) in [6, 6.07) is 8.23. The van der Waals surface area contributed by atoms with Gasteiger partial charge in [0.1, 0.15) is 5.75 Å². The average Bonchev–Trinajstić information content (AvgIpc) is 3.26. The Morgan fingerprint density at radius 1 is 1.10 bits per heavy atom. The van der Waals surface area contributed by atoms with Gasteiger partial charge in [-0.2, -0.15) is 0 Å². The van der Waals surface area contributed by atoms with Gasteiger partial charge in [-0.3, -0.25) is 9.69 Å². The van der Waals surface area contributed by atoms with Crippen LogP contribution >= 0.6 is 0 Å². The van der Waals surface area contributed by atoms with E-state index in [1.54, 1.807) is 6.07 Å². The van der Waals surface area contributed by atoms with Crippen molar-refractivity contribution < 1.29 is 14.6 Å². The summed E-state index contributed by atoms with van der Waals surface area (Å²) in [6.07, 6.45) is 6.74. The van der Waals surface area contributed by atoms with Crippen molar-refractivity contribution in [3.63, 3.8) is 0 Å². The van der Waals surface area contributed by atoms with Crippen molar-refractivity contribution in [1.82, 2.24) is 15.1 Å². The Morgan fingerprint density at radius 3 is 2.59 bits per heavy atom. The maximum absolute atomic E-state index is 12.5. The second kappa shape index (κ2) is 9.92. The molecule has 3 saturated heterocycles. The van der Waals surface area contributed by atoms with Crippen LogP contribution in [0.2, 0.25) is 0 Å². The number of phenols is 1. The number of aromatic hydroxyl groups is 1. The molecule has 0 aliphatic carbocycles. The molecule has 3 heterocycles. The van der Waals surface area contributed by atoms with Crippen LogP contribution in [0.3, 0.4) is 0 Å². The fourth-order valence-electron chi connectivity index (χ4n) is 5.05. The molecule has 6 heteroatoms. The van der Waals surface area contributed by atoms with Gasteiger partial charge in [-0.05, 0) is 82.4 Å². The highest BCUT2D eigenvalue weighted by Crippen LogP contribution is 2.25. The fraction of sp³-hybridized carbons (Fsp3) is 0.696. The Labute approximate surface area is 174 Å². The minimum Gasteiger partial charge on any atom is -0.508 e. The predicted octanol–water partition coefficient (Wildman–Crippen LogP) is 2.36. The van der Waals surface area contributed by atoms with E-state index in [1.807, 2.05) is 12.1 Å². The summed E-state index contributed by atoms with van der Waals surface area (Å²) in [4.78, 5) is 17.6. The molecule has 0 unspecified atom stereocenters. The summed E-state index contributed by atoms with van der Waals surface area (Å²) < 4.78 is 5.60. The number of piperidine rings is 2. The molecule has 0 bridgehead atoms. The molecule has 1 amide bonds. The van der Waals surface area contributed by atoms with E-state index in [-0.39, 0.29) is 17.9 Å². The van der Waals surface area contributed by atoms with E-state index in [0.717, 1.165) is 65.0 Å². The van der Waals surface area contributed by atoms with Crippen molar-refractivity contribution in [2.45, 2.75) is 57.2 Å². The SMILES string of the molecule is O=C(NC[C@@H]1CCCO1)C1CCN(C2CCN(Cc3cccc(O)c3)CC2)CC1. The summed E-state index contributed by atoms with van der Waals surface area (Å²) in [6.45, 7) is 6.70. The molecule has 4 rings (SSSR count). The number of amides is 1. The second-order valence-corrected chi connectivity index (χ2v) is 8.87. The number of nitrogens with zero attached hydrogens (tertiary/aromatic N) is 2. The van der Waals surface area contributed by atoms with Crippen LogP contribution in [0.1, 0.15) is 44.1 Å². The zero-order valence-electron chi connectivity index (χ0n) is 17.4. The maximum atomic E-state index is 12.5. The molecule has 3 aliphatic heterocycles. The van der Waals surface area contributed by atoms with E-state index < -0.39 is 0 Å².